The van der Waals surface area contributed by atoms with Crippen LogP contribution in [0.15, 0.2) is 70.6 Å². The highest BCUT2D eigenvalue weighted by Crippen LogP contribution is 2.22. The van der Waals surface area contributed by atoms with Crippen LogP contribution in [0.5, 0.6) is 0 Å². The molecule has 4 rings (SSSR count). The Bertz CT molecular complexity index is 1310. The first kappa shape index (κ1) is 21.4. The van der Waals surface area contributed by atoms with Crippen LogP contribution in [0, 0.1) is 0 Å². The van der Waals surface area contributed by atoms with Crippen molar-refractivity contribution in [2.24, 2.45) is 0 Å². The smallest absolute Gasteiger partial charge is 0.263 e. The van der Waals surface area contributed by atoms with E-state index in [1.165, 1.54) is 27.7 Å². The largest absolute Gasteiger partial charge is 0.310 e. The number of fused-ring (bicyclic) bond motifs is 1. The number of anilines is 1. The average Bonchev–Trinajstić information content (AvgIpc) is 3.40. The van der Waals surface area contributed by atoms with Crippen LogP contribution in [-0.2, 0) is 17.9 Å². The molecule has 0 saturated heterocycles. The molecule has 1 amide bonds. The minimum Gasteiger partial charge on any atom is -0.310 e. The number of thiophene rings is 1. The molecule has 1 aromatic carbocycles. The van der Waals surface area contributed by atoms with Gasteiger partial charge in [-0.2, -0.15) is 5.10 Å². The van der Waals surface area contributed by atoms with Crippen molar-refractivity contribution in [2.75, 3.05) is 11.1 Å². The van der Waals surface area contributed by atoms with Gasteiger partial charge < -0.3 is 5.32 Å². The molecule has 1 N–H and O–H groups in total. The fraction of sp³-hybridized carbons (Fsp3) is 0.143. The summed E-state index contributed by atoms with van der Waals surface area (Å²) in [5.41, 5.74) is 0.770. The van der Waals surface area contributed by atoms with Crippen LogP contribution in [-0.4, -0.2) is 31.0 Å². The zero-order chi connectivity index (χ0) is 21.8. The molecule has 0 bridgehead atoms. The van der Waals surface area contributed by atoms with Gasteiger partial charge in [0.15, 0.2) is 5.16 Å². The molecule has 4 aromatic rings. The van der Waals surface area contributed by atoms with Gasteiger partial charge >= 0.3 is 0 Å². The minimum atomic E-state index is -0.225. The van der Waals surface area contributed by atoms with E-state index in [4.69, 9.17) is 11.6 Å². The second-order valence-corrected chi connectivity index (χ2v) is 8.78. The van der Waals surface area contributed by atoms with Crippen LogP contribution in [0.3, 0.4) is 0 Å². The van der Waals surface area contributed by atoms with E-state index in [1.807, 2.05) is 29.6 Å². The van der Waals surface area contributed by atoms with Gasteiger partial charge in [0.05, 0.1) is 23.9 Å². The van der Waals surface area contributed by atoms with Crippen LogP contribution in [0.4, 0.5) is 5.82 Å². The normalized spacial score (nSPS) is 11.0. The number of halogens is 1. The van der Waals surface area contributed by atoms with Gasteiger partial charge in [0, 0.05) is 17.6 Å². The van der Waals surface area contributed by atoms with Crippen molar-refractivity contribution in [2.45, 2.75) is 18.2 Å². The standard InChI is InChI=1S/C21H18ClN5O2S2/c1-2-10-26-20(29)15-8-11-30-19(15)25-21(26)31-13-18(28)24-17-7-9-23-27(17)12-14-5-3-4-6-16(14)22/h2-9,11H,1,10,12-13H2,(H,24,28). The maximum Gasteiger partial charge on any atom is 0.263 e. The van der Waals surface area contributed by atoms with E-state index in [1.54, 1.807) is 29.1 Å². The molecule has 0 aliphatic carbocycles. The van der Waals surface area contributed by atoms with Crippen molar-refractivity contribution in [3.8, 4) is 0 Å². The lowest BCUT2D eigenvalue weighted by Crippen LogP contribution is -2.23. The summed E-state index contributed by atoms with van der Waals surface area (Å²) in [5.74, 6) is 0.435. The monoisotopic (exact) mass is 471 g/mol. The number of aromatic nitrogens is 4. The number of hydrogen-bond donors (Lipinski definition) is 1. The van der Waals surface area contributed by atoms with E-state index in [2.05, 4.69) is 22.0 Å². The first-order valence-electron chi connectivity index (χ1n) is 9.33. The van der Waals surface area contributed by atoms with Gasteiger partial charge in [-0.25, -0.2) is 9.67 Å². The Balaban J connectivity index is 1.47. The summed E-state index contributed by atoms with van der Waals surface area (Å²) < 4.78 is 3.20. The molecule has 0 aliphatic heterocycles. The van der Waals surface area contributed by atoms with Crippen LogP contribution >= 0.6 is 34.7 Å². The van der Waals surface area contributed by atoms with E-state index >= 15 is 0 Å². The first-order valence-corrected chi connectivity index (χ1v) is 11.6. The average molecular weight is 472 g/mol. The van der Waals surface area contributed by atoms with Gasteiger partial charge in [-0.05, 0) is 23.1 Å². The molecule has 3 heterocycles. The Morgan fingerprint density at radius 3 is 2.94 bits per heavy atom. The van der Waals surface area contributed by atoms with E-state index in [-0.39, 0.29) is 17.2 Å². The second-order valence-electron chi connectivity index (χ2n) is 6.54. The quantitative estimate of drug-likeness (QED) is 0.236. The van der Waals surface area contributed by atoms with E-state index in [9.17, 15) is 9.59 Å². The predicted molar refractivity (Wildman–Crippen MR) is 126 cm³/mol. The van der Waals surface area contributed by atoms with Crippen molar-refractivity contribution in [1.29, 1.82) is 0 Å². The molecule has 0 saturated carbocycles. The van der Waals surface area contributed by atoms with Crippen LogP contribution in [0.2, 0.25) is 5.02 Å². The molecule has 3 aromatic heterocycles. The zero-order valence-corrected chi connectivity index (χ0v) is 18.7. The van der Waals surface area contributed by atoms with Crippen LogP contribution in [0.25, 0.3) is 10.2 Å². The highest BCUT2D eigenvalue weighted by atomic mass is 35.5. The Hall–Kier alpha value is -2.88. The predicted octanol–water partition coefficient (Wildman–Crippen LogP) is 4.27. The number of hydrogen-bond acceptors (Lipinski definition) is 6. The molecule has 31 heavy (non-hydrogen) atoms. The van der Waals surface area contributed by atoms with Gasteiger partial charge in [-0.15, -0.1) is 17.9 Å². The Morgan fingerprint density at radius 1 is 1.29 bits per heavy atom. The van der Waals surface area contributed by atoms with Crippen LogP contribution in [0.1, 0.15) is 5.56 Å². The molecule has 0 atom stereocenters. The number of amides is 1. The van der Waals surface area contributed by atoms with Gasteiger partial charge in [-0.1, -0.05) is 47.6 Å². The lowest BCUT2D eigenvalue weighted by Gasteiger charge is -2.11. The summed E-state index contributed by atoms with van der Waals surface area (Å²) in [5, 5.41) is 10.7. The number of thioether (sulfide) groups is 1. The maximum absolute atomic E-state index is 12.7. The maximum atomic E-state index is 12.7. The summed E-state index contributed by atoms with van der Waals surface area (Å²) in [6.07, 6.45) is 3.26. The van der Waals surface area contributed by atoms with Crippen molar-refractivity contribution in [3.63, 3.8) is 0 Å². The van der Waals surface area contributed by atoms with Crippen molar-refractivity contribution in [1.82, 2.24) is 19.3 Å². The first-order chi connectivity index (χ1) is 15.1. The fourth-order valence-corrected chi connectivity index (χ4v) is 4.80. The molecule has 0 fully saturated rings. The third-order valence-electron chi connectivity index (χ3n) is 4.45. The molecule has 0 aliphatic rings. The molecule has 158 valence electrons. The number of nitrogens with one attached hydrogen (secondary N) is 1. The van der Waals surface area contributed by atoms with Gasteiger partial charge in [-0.3, -0.25) is 14.2 Å². The number of carbonyl (C=O) groups is 1. The van der Waals surface area contributed by atoms with Crippen molar-refractivity contribution >= 4 is 56.6 Å². The molecule has 0 radical (unpaired) electrons. The molecular formula is C21H18ClN5O2S2. The third-order valence-corrected chi connectivity index (χ3v) is 6.61. The molecule has 0 unspecified atom stereocenters. The van der Waals surface area contributed by atoms with Crippen molar-refractivity contribution < 1.29 is 4.79 Å². The molecule has 10 heteroatoms. The summed E-state index contributed by atoms with van der Waals surface area (Å²) in [4.78, 5) is 30.5. The topological polar surface area (TPSA) is 81.8 Å². The Morgan fingerprint density at radius 2 is 2.13 bits per heavy atom. The van der Waals surface area contributed by atoms with E-state index in [0.717, 1.165) is 5.56 Å². The Kier molecular flexibility index (Phi) is 6.55. The minimum absolute atomic E-state index is 0.0950. The second kappa shape index (κ2) is 9.51. The number of nitrogens with zero attached hydrogens (tertiary/aromatic N) is 4. The fourth-order valence-electron chi connectivity index (χ4n) is 2.99. The lowest BCUT2D eigenvalue weighted by atomic mass is 10.2. The zero-order valence-electron chi connectivity index (χ0n) is 16.3. The molecule has 0 spiro atoms. The van der Waals surface area contributed by atoms with Crippen LogP contribution < -0.4 is 10.9 Å². The van der Waals surface area contributed by atoms with Gasteiger partial charge in [0.2, 0.25) is 5.91 Å². The highest BCUT2D eigenvalue weighted by molar-refractivity contribution is 7.99. The molecular weight excluding hydrogens is 454 g/mol. The summed E-state index contributed by atoms with van der Waals surface area (Å²) >= 11 is 8.84. The summed E-state index contributed by atoms with van der Waals surface area (Å²) in [6, 6.07) is 11.0. The summed E-state index contributed by atoms with van der Waals surface area (Å²) in [7, 11) is 0. The number of carbonyl (C=O) groups excluding carboxylic acids is 1. The number of rotatable bonds is 8. The number of benzene rings is 1. The number of allylic oxidation sites excluding steroid dienone is 1. The van der Waals surface area contributed by atoms with Crippen molar-refractivity contribution in [3.05, 3.63) is 81.6 Å². The molecule has 7 nitrogen and oxygen atoms in total. The van der Waals surface area contributed by atoms with Gasteiger partial charge in [0.25, 0.3) is 5.56 Å². The SMILES string of the molecule is C=CCn1c(SCC(=O)Nc2ccnn2Cc2ccccc2Cl)nc2sccc2c1=O. The van der Waals surface area contributed by atoms with E-state index < -0.39 is 0 Å². The van der Waals surface area contributed by atoms with Gasteiger partial charge in [0.1, 0.15) is 10.6 Å². The summed E-state index contributed by atoms with van der Waals surface area (Å²) in [6.45, 7) is 4.47. The Labute approximate surface area is 191 Å². The lowest BCUT2D eigenvalue weighted by molar-refractivity contribution is -0.113. The highest BCUT2D eigenvalue weighted by Gasteiger charge is 2.15. The third kappa shape index (κ3) is 4.73. The van der Waals surface area contributed by atoms with E-state index in [0.29, 0.717) is 39.3 Å².